The van der Waals surface area contributed by atoms with Gasteiger partial charge >= 0.3 is 5.97 Å². The Labute approximate surface area is 145 Å². The van der Waals surface area contributed by atoms with Crippen molar-refractivity contribution in [1.29, 1.82) is 0 Å². The number of hydrogen-bond acceptors (Lipinski definition) is 6. The molecule has 0 aromatic heterocycles. The molecule has 0 spiro atoms. The average molecular weight is 345 g/mol. The van der Waals surface area contributed by atoms with Crippen molar-refractivity contribution in [2.24, 2.45) is 0 Å². The summed E-state index contributed by atoms with van der Waals surface area (Å²) in [6.45, 7) is 3.20. The molecule has 1 unspecified atom stereocenters. The standard InChI is InChI=1S/C18H19NO6/c1-11(20)24-15-16(22)18(2,12-6-4-7-13(10-12)23-3)25-17(15)19-9-5-8-14(19)21/h4,6-7,10H,5,8-9H2,1-3H3. The Kier molecular flexibility index (Phi) is 4.24. The van der Waals surface area contributed by atoms with Gasteiger partial charge in [-0.2, -0.15) is 0 Å². The third kappa shape index (κ3) is 2.86. The van der Waals surface area contributed by atoms with Gasteiger partial charge in [-0.3, -0.25) is 19.3 Å². The van der Waals surface area contributed by atoms with E-state index >= 15 is 0 Å². The molecule has 0 aliphatic carbocycles. The van der Waals surface area contributed by atoms with Crippen molar-refractivity contribution in [2.45, 2.75) is 32.3 Å². The summed E-state index contributed by atoms with van der Waals surface area (Å²) in [7, 11) is 1.52. The summed E-state index contributed by atoms with van der Waals surface area (Å²) in [5.41, 5.74) is -0.861. The van der Waals surface area contributed by atoms with Crippen molar-refractivity contribution in [3.63, 3.8) is 0 Å². The zero-order valence-electron chi connectivity index (χ0n) is 14.3. The lowest BCUT2D eigenvalue weighted by atomic mass is 9.91. The summed E-state index contributed by atoms with van der Waals surface area (Å²) in [6.07, 6.45) is 1.02. The van der Waals surface area contributed by atoms with Gasteiger partial charge in [-0.15, -0.1) is 0 Å². The van der Waals surface area contributed by atoms with Crippen molar-refractivity contribution in [1.82, 2.24) is 4.90 Å². The third-order valence-electron chi connectivity index (χ3n) is 4.32. The number of Topliss-reactive ketones (excluding diaryl/α,β-unsaturated/α-hetero) is 1. The molecule has 1 atom stereocenters. The summed E-state index contributed by atoms with van der Waals surface area (Å²) in [5.74, 6) is -0.977. The second kappa shape index (κ2) is 6.23. The first-order valence-electron chi connectivity index (χ1n) is 7.98. The smallest absolute Gasteiger partial charge is 0.308 e. The molecule has 1 aromatic rings. The maximum Gasteiger partial charge on any atom is 0.308 e. The minimum atomic E-state index is -1.41. The second-order valence-corrected chi connectivity index (χ2v) is 6.07. The Morgan fingerprint density at radius 1 is 1.32 bits per heavy atom. The molecule has 132 valence electrons. The molecule has 1 amide bonds. The van der Waals surface area contributed by atoms with Crippen LogP contribution in [0.15, 0.2) is 35.9 Å². The van der Waals surface area contributed by atoms with Crippen LogP contribution in [0.3, 0.4) is 0 Å². The van der Waals surface area contributed by atoms with Gasteiger partial charge < -0.3 is 14.2 Å². The number of nitrogens with zero attached hydrogens (tertiary/aromatic N) is 1. The molecule has 1 aromatic carbocycles. The Hall–Kier alpha value is -2.83. The number of carbonyl (C=O) groups excluding carboxylic acids is 3. The molecular weight excluding hydrogens is 326 g/mol. The van der Waals surface area contributed by atoms with E-state index in [0.29, 0.717) is 30.7 Å². The van der Waals surface area contributed by atoms with Crippen molar-refractivity contribution in [3.05, 3.63) is 41.5 Å². The molecule has 2 heterocycles. The maximum absolute atomic E-state index is 13.0. The van der Waals surface area contributed by atoms with E-state index in [2.05, 4.69) is 0 Å². The molecule has 0 bridgehead atoms. The molecule has 3 rings (SSSR count). The van der Waals surface area contributed by atoms with Crippen LogP contribution >= 0.6 is 0 Å². The van der Waals surface area contributed by atoms with E-state index in [0.717, 1.165) is 0 Å². The topological polar surface area (TPSA) is 82.1 Å². The highest BCUT2D eigenvalue weighted by atomic mass is 16.6. The van der Waals surface area contributed by atoms with E-state index in [9.17, 15) is 14.4 Å². The van der Waals surface area contributed by atoms with E-state index in [-0.39, 0.29) is 17.5 Å². The zero-order valence-corrected chi connectivity index (χ0v) is 14.3. The van der Waals surface area contributed by atoms with Crippen LogP contribution in [0, 0.1) is 0 Å². The number of ketones is 1. The average Bonchev–Trinajstić information content (AvgIpc) is 3.11. The molecular formula is C18H19NO6. The van der Waals surface area contributed by atoms with Crippen molar-refractivity contribution in [2.75, 3.05) is 13.7 Å². The molecule has 25 heavy (non-hydrogen) atoms. The number of likely N-dealkylation sites (tertiary alicyclic amines) is 1. The first kappa shape index (κ1) is 17.0. The Balaban J connectivity index is 2.03. The van der Waals surface area contributed by atoms with Gasteiger partial charge in [-0.1, -0.05) is 12.1 Å². The maximum atomic E-state index is 13.0. The predicted octanol–water partition coefficient (Wildman–Crippen LogP) is 1.86. The van der Waals surface area contributed by atoms with E-state index in [1.807, 2.05) is 0 Å². The van der Waals surface area contributed by atoms with Gasteiger partial charge in [0.15, 0.2) is 5.60 Å². The van der Waals surface area contributed by atoms with Crippen LogP contribution in [0.1, 0.15) is 32.3 Å². The van der Waals surface area contributed by atoms with E-state index in [4.69, 9.17) is 14.2 Å². The molecule has 2 aliphatic rings. The van der Waals surface area contributed by atoms with Crippen LogP contribution in [0.5, 0.6) is 5.75 Å². The predicted molar refractivity (Wildman–Crippen MR) is 86.2 cm³/mol. The fourth-order valence-electron chi connectivity index (χ4n) is 2.98. The largest absolute Gasteiger partial charge is 0.497 e. The van der Waals surface area contributed by atoms with Crippen molar-refractivity contribution in [3.8, 4) is 5.75 Å². The minimum Gasteiger partial charge on any atom is -0.497 e. The second-order valence-electron chi connectivity index (χ2n) is 6.07. The normalized spacial score (nSPS) is 23.1. The monoisotopic (exact) mass is 345 g/mol. The molecule has 7 nitrogen and oxygen atoms in total. The highest BCUT2D eigenvalue weighted by Gasteiger charge is 2.52. The van der Waals surface area contributed by atoms with Crippen molar-refractivity contribution < 1.29 is 28.6 Å². The number of rotatable bonds is 4. The number of hydrogen-bond donors (Lipinski definition) is 0. The minimum absolute atomic E-state index is 0.00743. The lowest BCUT2D eigenvalue weighted by molar-refractivity contribution is -0.142. The molecule has 1 saturated heterocycles. The van der Waals surface area contributed by atoms with Gasteiger partial charge in [0.2, 0.25) is 17.5 Å². The first-order valence-corrected chi connectivity index (χ1v) is 7.98. The SMILES string of the molecule is COc1cccc(C2(C)OC(N3CCCC3=O)=C(OC(C)=O)C2=O)c1. The molecule has 1 fully saturated rings. The van der Waals surface area contributed by atoms with Crippen molar-refractivity contribution >= 4 is 17.7 Å². The summed E-state index contributed by atoms with van der Waals surface area (Å²) >= 11 is 0. The van der Waals surface area contributed by atoms with E-state index in [1.54, 1.807) is 31.2 Å². The van der Waals surface area contributed by atoms with Gasteiger partial charge in [0.05, 0.1) is 7.11 Å². The van der Waals surface area contributed by atoms with Gasteiger partial charge in [0.1, 0.15) is 5.75 Å². The number of ether oxygens (including phenoxy) is 3. The van der Waals surface area contributed by atoms with Crippen LogP contribution < -0.4 is 4.74 Å². The lowest BCUT2D eigenvalue weighted by Crippen LogP contribution is -2.32. The molecule has 0 radical (unpaired) electrons. The quantitative estimate of drug-likeness (QED) is 0.775. The number of benzene rings is 1. The Bertz CT molecular complexity index is 784. The molecule has 2 aliphatic heterocycles. The molecule has 0 N–H and O–H groups in total. The Morgan fingerprint density at radius 2 is 2.08 bits per heavy atom. The lowest BCUT2D eigenvalue weighted by Gasteiger charge is -2.26. The van der Waals surface area contributed by atoms with Crippen LogP contribution in [-0.4, -0.2) is 36.2 Å². The van der Waals surface area contributed by atoms with E-state index < -0.39 is 17.4 Å². The zero-order chi connectivity index (χ0) is 18.2. The van der Waals surface area contributed by atoms with E-state index in [1.165, 1.54) is 18.9 Å². The summed E-state index contributed by atoms with van der Waals surface area (Å²) < 4.78 is 16.2. The number of amides is 1. The number of esters is 1. The fraction of sp³-hybridized carbons (Fsp3) is 0.389. The summed E-state index contributed by atoms with van der Waals surface area (Å²) in [5, 5.41) is 0. The van der Waals surface area contributed by atoms with Crippen LogP contribution in [-0.2, 0) is 29.5 Å². The van der Waals surface area contributed by atoms with Gasteiger partial charge in [-0.25, -0.2) is 0 Å². The van der Waals surface area contributed by atoms with Crippen LogP contribution in [0.2, 0.25) is 0 Å². The summed E-state index contributed by atoms with van der Waals surface area (Å²) in [4.78, 5) is 37.9. The number of methoxy groups -OCH3 is 1. The van der Waals surface area contributed by atoms with Gasteiger partial charge in [0, 0.05) is 25.5 Å². The highest BCUT2D eigenvalue weighted by Crippen LogP contribution is 2.42. The third-order valence-corrected chi connectivity index (χ3v) is 4.32. The number of carbonyl (C=O) groups is 3. The molecule has 7 heteroatoms. The first-order chi connectivity index (χ1) is 11.9. The van der Waals surface area contributed by atoms with Gasteiger partial charge in [-0.05, 0) is 25.5 Å². The Morgan fingerprint density at radius 3 is 2.68 bits per heavy atom. The highest BCUT2D eigenvalue weighted by molar-refractivity contribution is 6.05. The fourth-order valence-corrected chi connectivity index (χ4v) is 2.98. The summed E-state index contributed by atoms with van der Waals surface area (Å²) in [6, 6.07) is 6.89. The molecule has 0 saturated carbocycles. The van der Waals surface area contributed by atoms with Crippen LogP contribution in [0.4, 0.5) is 0 Å². The van der Waals surface area contributed by atoms with Gasteiger partial charge in [0.25, 0.3) is 5.78 Å². The van der Waals surface area contributed by atoms with Crippen LogP contribution in [0.25, 0.3) is 0 Å².